The van der Waals surface area contributed by atoms with Gasteiger partial charge in [0.05, 0.1) is 5.69 Å². The molecule has 10 nitrogen and oxygen atoms in total. The van der Waals surface area contributed by atoms with Crippen LogP contribution in [0.2, 0.25) is 0 Å². The first-order valence-electron chi connectivity index (χ1n) is 14.3. The molecule has 0 spiro atoms. The number of carbonyl (C=O) groups excluding carboxylic acids is 1. The second-order valence-electron chi connectivity index (χ2n) is 10.9. The molecule has 3 heterocycles. The van der Waals surface area contributed by atoms with E-state index in [1.165, 1.54) is 5.56 Å². The molecule has 0 saturated carbocycles. The highest BCUT2D eigenvalue weighted by Gasteiger charge is 2.28. The van der Waals surface area contributed by atoms with Gasteiger partial charge in [0.15, 0.2) is 0 Å². The van der Waals surface area contributed by atoms with Gasteiger partial charge in [-0.05, 0) is 87.2 Å². The number of aromatic hydroxyl groups is 1. The largest absolute Gasteiger partial charge is 0.508 e. The van der Waals surface area contributed by atoms with Crippen molar-refractivity contribution in [3.05, 3.63) is 77.6 Å². The van der Waals surface area contributed by atoms with Gasteiger partial charge in [0.25, 0.3) is 5.91 Å². The van der Waals surface area contributed by atoms with Crippen LogP contribution in [0.5, 0.6) is 5.75 Å². The van der Waals surface area contributed by atoms with E-state index in [2.05, 4.69) is 33.2 Å². The van der Waals surface area contributed by atoms with E-state index in [1.807, 2.05) is 61.5 Å². The number of phenolic OH excluding ortho intramolecular Hbond substituents is 1. The molecule has 4 N–H and O–H groups in total. The molecule has 0 atom stereocenters. The number of hydrazine groups is 1. The number of anilines is 4. The van der Waals surface area contributed by atoms with Crippen molar-refractivity contribution in [2.45, 2.75) is 32.6 Å². The fraction of sp³-hybridized carbons (Fsp3) is 0.387. The van der Waals surface area contributed by atoms with Crippen molar-refractivity contribution < 1.29 is 9.90 Å². The van der Waals surface area contributed by atoms with Gasteiger partial charge < -0.3 is 20.2 Å². The number of phenols is 1. The van der Waals surface area contributed by atoms with Gasteiger partial charge in [-0.25, -0.2) is 10.8 Å². The number of rotatable bonds is 8. The summed E-state index contributed by atoms with van der Waals surface area (Å²) in [4.78, 5) is 28.7. The summed E-state index contributed by atoms with van der Waals surface area (Å²) in [6, 6.07) is 15.4. The molecule has 10 heteroatoms. The number of likely N-dealkylation sites (N-methyl/N-ethyl adjacent to an activating group) is 1. The van der Waals surface area contributed by atoms with Crippen LogP contribution in [-0.2, 0) is 0 Å². The van der Waals surface area contributed by atoms with E-state index in [0.29, 0.717) is 48.6 Å². The Bertz CT molecular complexity index is 1400. The Morgan fingerprint density at radius 3 is 2.68 bits per heavy atom. The second kappa shape index (κ2) is 12.6. The van der Waals surface area contributed by atoms with Crippen molar-refractivity contribution in [1.82, 2.24) is 14.9 Å². The zero-order chi connectivity index (χ0) is 28.9. The minimum Gasteiger partial charge on any atom is -0.508 e. The lowest BCUT2D eigenvalue weighted by molar-refractivity contribution is 0.0989. The van der Waals surface area contributed by atoms with E-state index in [-0.39, 0.29) is 5.91 Å². The number of hydrogen-bond acceptors (Lipinski definition) is 9. The first kappa shape index (κ1) is 28.4. The highest BCUT2D eigenvalue weighted by molar-refractivity contribution is 6.09. The van der Waals surface area contributed by atoms with E-state index in [0.717, 1.165) is 49.4 Å². The average molecular weight is 557 g/mol. The molecule has 1 amide bonds. The molecule has 1 fully saturated rings. The lowest BCUT2D eigenvalue weighted by Crippen LogP contribution is -2.35. The second-order valence-corrected chi connectivity index (χ2v) is 10.9. The van der Waals surface area contributed by atoms with Gasteiger partial charge in [0.2, 0.25) is 5.95 Å². The Hall–Kier alpha value is -4.15. The predicted molar refractivity (Wildman–Crippen MR) is 165 cm³/mol. The zero-order valence-electron chi connectivity index (χ0n) is 24.1. The number of nitrogens with one attached hydrogen (secondary N) is 1. The van der Waals surface area contributed by atoms with Crippen LogP contribution in [0.3, 0.4) is 0 Å². The van der Waals surface area contributed by atoms with Gasteiger partial charge in [-0.1, -0.05) is 18.2 Å². The molecule has 5 rings (SSSR count). The lowest BCUT2D eigenvalue weighted by Gasteiger charge is -2.32. The first-order valence-corrected chi connectivity index (χ1v) is 14.3. The van der Waals surface area contributed by atoms with E-state index in [9.17, 15) is 9.90 Å². The van der Waals surface area contributed by atoms with Crippen LogP contribution in [0.25, 0.3) is 0 Å². The Kier molecular flexibility index (Phi) is 8.70. The van der Waals surface area contributed by atoms with Crippen LogP contribution in [0.15, 0.2) is 66.5 Å². The molecular weight excluding hydrogens is 516 g/mol. The van der Waals surface area contributed by atoms with Crippen molar-refractivity contribution >= 4 is 29.0 Å². The Morgan fingerprint density at radius 1 is 1.15 bits per heavy atom. The molecular formula is C31H40N8O2. The van der Waals surface area contributed by atoms with Crippen LogP contribution in [0, 0.1) is 0 Å². The number of nitrogens with zero attached hydrogens (tertiary/aromatic N) is 6. The average Bonchev–Trinajstić information content (AvgIpc) is 3.09. The number of amides is 1. The summed E-state index contributed by atoms with van der Waals surface area (Å²) in [6.07, 6.45) is 5.70. The van der Waals surface area contributed by atoms with Gasteiger partial charge in [-0.2, -0.15) is 4.98 Å². The van der Waals surface area contributed by atoms with Crippen molar-refractivity contribution in [3.8, 4) is 5.75 Å². The van der Waals surface area contributed by atoms with Gasteiger partial charge in [-0.3, -0.25) is 14.7 Å². The van der Waals surface area contributed by atoms with E-state index >= 15 is 0 Å². The van der Waals surface area contributed by atoms with E-state index in [1.54, 1.807) is 22.2 Å². The molecule has 2 aliphatic heterocycles. The molecule has 41 heavy (non-hydrogen) atoms. The molecule has 3 aromatic rings. The normalized spacial score (nSPS) is 16.9. The maximum Gasteiger partial charge on any atom is 0.263 e. The smallest absolute Gasteiger partial charge is 0.263 e. The molecule has 1 saturated heterocycles. The molecule has 2 aromatic carbocycles. The van der Waals surface area contributed by atoms with Crippen LogP contribution in [-0.4, -0.2) is 72.2 Å². The number of carbonyl (C=O) groups is 1. The number of piperidine rings is 1. The van der Waals surface area contributed by atoms with Crippen molar-refractivity contribution in [1.29, 1.82) is 0 Å². The number of aromatic nitrogens is 2. The number of likely N-dealkylation sites (tertiary alicyclic amines) is 1. The summed E-state index contributed by atoms with van der Waals surface area (Å²) in [6.45, 7) is 8.77. The topological polar surface area (TPSA) is 114 Å². The standard InChI is InChI=1S/C31H40N8O2/c1-4-33-31-34-19-28-29(35-31)36(3)15-16-38(30(28)41)25-8-6-9-26(18-25)39(32)21-22(2)20-37-13-11-23(12-14-37)24-7-5-10-27(40)17-24/h5-10,17-19,21,23,40H,4,11-16,20,32H2,1-3H3,(H,33,34,35)/b22-21+. The molecule has 0 unspecified atom stereocenters. The van der Waals surface area contributed by atoms with E-state index < -0.39 is 0 Å². The fourth-order valence-corrected chi connectivity index (χ4v) is 5.64. The van der Waals surface area contributed by atoms with Crippen LogP contribution < -0.4 is 26.0 Å². The quantitative estimate of drug-likeness (QED) is 0.278. The van der Waals surface area contributed by atoms with Gasteiger partial charge in [0.1, 0.15) is 17.1 Å². The van der Waals surface area contributed by atoms with Crippen LogP contribution in [0.4, 0.5) is 23.1 Å². The Balaban J connectivity index is 1.24. The first-order chi connectivity index (χ1) is 19.8. The predicted octanol–water partition coefficient (Wildman–Crippen LogP) is 4.17. The van der Waals surface area contributed by atoms with Crippen LogP contribution >= 0.6 is 0 Å². The molecule has 1 aromatic heterocycles. The third kappa shape index (κ3) is 6.61. The third-order valence-corrected chi connectivity index (χ3v) is 7.80. The highest BCUT2D eigenvalue weighted by Crippen LogP contribution is 2.31. The van der Waals surface area contributed by atoms with Crippen molar-refractivity contribution in [2.75, 3.05) is 66.4 Å². The fourth-order valence-electron chi connectivity index (χ4n) is 5.64. The van der Waals surface area contributed by atoms with Crippen molar-refractivity contribution in [2.24, 2.45) is 5.84 Å². The third-order valence-electron chi connectivity index (χ3n) is 7.80. The molecule has 216 valence electrons. The summed E-state index contributed by atoms with van der Waals surface area (Å²) < 4.78 is 0. The molecule has 0 radical (unpaired) electrons. The summed E-state index contributed by atoms with van der Waals surface area (Å²) in [7, 11) is 1.94. The molecule has 0 aliphatic carbocycles. The Morgan fingerprint density at radius 2 is 1.93 bits per heavy atom. The SMILES string of the molecule is CCNc1ncc2c(n1)N(C)CCN(c1cccc(N(N)/C=C(\C)CN3CCC(c4cccc(O)c4)CC3)c1)C2=O. The molecule has 2 aliphatic rings. The molecule has 0 bridgehead atoms. The maximum absolute atomic E-state index is 13.6. The zero-order valence-corrected chi connectivity index (χ0v) is 24.1. The van der Waals surface area contributed by atoms with Crippen molar-refractivity contribution in [3.63, 3.8) is 0 Å². The number of fused-ring (bicyclic) bond motifs is 1. The van der Waals surface area contributed by atoms with E-state index in [4.69, 9.17) is 5.84 Å². The number of nitrogens with two attached hydrogens (primary N) is 1. The monoisotopic (exact) mass is 556 g/mol. The minimum absolute atomic E-state index is 0.131. The van der Waals surface area contributed by atoms with Gasteiger partial charge in [-0.15, -0.1) is 0 Å². The number of benzene rings is 2. The van der Waals surface area contributed by atoms with Gasteiger partial charge >= 0.3 is 0 Å². The Labute approximate surface area is 242 Å². The minimum atomic E-state index is -0.131. The number of hydrogen-bond donors (Lipinski definition) is 3. The highest BCUT2D eigenvalue weighted by atomic mass is 16.3. The maximum atomic E-state index is 13.6. The summed E-state index contributed by atoms with van der Waals surface area (Å²) >= 11 is 0. The summed E-state index contributed by atoms with van der Waals surface area (Å²) in [5.41, 5.74) is 4.43. The lowest BCUT2D eigenvalue weighted by atomic mass is 9.89. The summed E-state index contributed by atoms with van der Waals surface area (Å²) in [5, 5.41) is 14.6. The summed E-state index contributed by atoms with van der Waals surface area (Å²) in [5.74, 6) is 8.32. The van der Waals surface area contributed by atoms with Gasteiger partial charge in [0, 0.05) is 51.3 Å². The van der Waals surface area contributed by atoms with Crippen LogP contribution in [0.1, 0.15) is 48.5 Å².